The van der Waals surface area contributed by atoms with Gasteiger partial charge in [0, 0.05) is 16.9 Å². The van der Waals surface area contributed by atoms with Gasteiger partial charge in [-0.05, 0) is 35.0 Å². The van der Waals surface area contributed by atoms with Gasteiger partial charge in [-0.1, -0.05) is 6.07 Å². The third-order valence-corrected chi connectivity index (χ3v) is 3.24. The molecule has 0 heterocycles. The van der Waals surface area contributed by atoms with Crippen molar-refractivity contribution < 1.29 is 31.4 Å². The maximum atomic E-state index is 12.9. The van der Waals surface area contributed by atoms with E-state index < -0.39 is 29.2 Å². The van der Waals surface area contributed by atoms with Gasteiger partial charge in [0.1, 0.15) is 0 Å². The highest BCUT2D eigenvalue weighted by Crippen LogP contribution is 2.52. The Kier molecular flexibility index (Phi) is 3.44. The smallest absolute Gasteiger partial charge is 0.399 e. The van der Waals surface area contributed by atoms with Crippen LogP contribution in [0.25, 0.3) is 10.8 Å². The van der Waals surface area contributed by atoms with Gasteiger partial charge in [-0.15, -0.1) is 0 Å². The van der Waals surface area contributed by atoms with Crippen LogP contribution in [0.3, 0.4) is 0 Å². The van der Waals surface area contributed by atoms with Crippen molar-refractivity contribution in [2.45, 2.75) is 18.0 Å². The number of fused-ring (bicyclic) bond motifs is 1. The van der Waals surface area contributed by atoms with Gasteiger partial charge in [0.05, 0.1) is 0 Å². The van der Waals surface area contributed by atoms with Crippen LogP contribution in [-0.4, -0.2) is 17.5 Å². The molecule has 3 nitrogen and oxygen atoms in total. The summed E-state index contributed by atoms with van der Waals surface area (Å²) in [7, 11) is 0. The molecule has 2 aromatic rings. The molecular formula is C13H10F6N2O. The number of aliphatic hydroxyl groups is 1. The number of hydrogen-bond acceptors (Lipinski definition) is 3. The normalized spacial score (nSPS) is 13.6. The zero-order valence-corrected chi connectivity index (χ0v) is 10.8. The first-order chi connectivity index (χ1) is 9.88. The van der Waals surface area contributed by atoms with E-state index in [2.05, 4.69) is 0 Å². The first-order valence-corrected chi connectivity index (χ1v) is 5.83. The molecule has 0 amide bonds. The molecule has 5 N–H and O–H groups in total. The van der Waals surface area contributed by atoms with Crippen molar-refractivity contribution in [1.82, 2.24) is 0 Å². The highest BCUT2D eigenvalue weighted by Gasteiger charge is 2.72. The molecule has 2 aromatic carbocycles. The first-order valence-electron chi connectivity index (χ1n) is 5.83. The van der Waals surface area contributed by atoms with Gasteiger partial charge < -0.3 is 16.6 Å². The van der Waals surface area contributed by atoms with Crippen LogP contribution in [0.15, 0.2) is 30.3 Å². The predicted molar refractivity (Wildman–Crippen MR) is 68.8 cm³/mol. The molecule has 0 spiro atoms. The van der Waals surface area contributed by atoms with Crippen molar-refractivity contribution in [3.05, 3.63) is 35.9 Å². The molecule has 0 saturated carbocycles. The van der Waals surface area contributed by atoms with Gasteiger partial charge in [-0.3, -0.25) is 0 Å². The third kappa shape index (κ3) is 2.31. The Morgan fingerprint density at radius 1 is 0.773 bits per heavy atom. The lowest BCUT2D eigenvalue weighted by atomic mass is 9.89. The van der Waals surface area contributed by atoms with Crippen LogP contribution < -0.4 is 11.5 Å². The third-order valence-electron chi connectivity index (χ3n) is 3.24. The summed E-state index contributed by atoms with van der Waals surface area (Å²) in [6, 6.07) is 5.35. The van der Waals surface area contributed by atoms with E-state index in [1.165, 1.54) is 18.2 Å². The topological polar surface area (TPSA) is 72.3 Å². The molecule has 2 rings (SSSR count). The highest BCUT2D eigenvalue weighted by atomic mass is 19.4. The summed E-state index contributed by atoms with van der Waals surface area (Å²) in [6.07, 6.45) is -12.0. The van der Waals surface area contributed by atoms with Crippen LogP contribution in [0.2, 0.25) is 0 Å². The van der Waals surface area contributed by atoms with Gasteiger partial charge in [0.15, 0.2) is 0 Å². The second-order valence-electron chi connectivity index (χ2n) is 4.75. The van der Waals surface area contributed by atoms with Crippen LogP contribution >= 0.6 is 0 Å². The molecule has 120 valence electrons. The van der Waals surface area contributed by atoms with Crippen molar-refractivity contribution in [3.63, 3.8) is 0 Å². The number of halogens is 6. The molecule has 0 bridgehead atoms. The fourth-order valence-corrected chi connectivity index (χ4v) is 2.11. The SMILES string of the molecule is Nc1ccc2cc(C(O)(C(F)(F)F)C(F)(F)F)c(N)cc2c1. The van der Waals surface area contributed by atoms with E-state index in [1.807, 2.05) is 0 Å². The van der Waals surface area contributed by atoms with Gasteiger partial charge >= 0.3 is 12.4 Å². The molecule has 0 radical (unpaired) electrons. The maximum Gasteiger partial charge on any atom is 0.430 e. The molecule has 0 atom stereocenters. The van der Waals surface area contributed by atoms with E-state index in [9.17, 15) is 31.4 Å². The Bertz CT molecular complexity index is 709. The first kappa shape index (κ1) is 16.2. The van der Waals surface area contributed by atoms with Crippen LogP contribution in [-0.2, 0) is 5.60 Å². The molecular weight excluding hydrogens is 314 g/mol. The van der Waals surface area contributed by atoms with Gasteiger partial charge in [-0.25, -0.2) is 0 Å². The number of hydrogen-bond donors (Lipinski definition) is 3. The van der Waals surface area contributed by atoms with E-state index in [0.717, 1.165) is 6.07 Å². The van der Waals surface area contributed by atoms with E-state index in [4.69, 9.17) is 11.5 Å². The lowest BCUT2D eigenvalue weighted by Gasteiger charge is -2.33. The molecule has 0 unspecified atom stereocenters. The summed E-state index contributed by atoms with van der Waals surface area (Å²) in [4.78, 5) is 0. The summed E-state index contributed by atoms with van der Waals surface area (Å²) < 4.78 is 77.3. The van der Waals surface area contributed by atoms with E-state index >= 15 is 0 Å². The molecule has 0 aliphatic heterocycles. The molecule has 0 aromatic heterocycles. The summed E-state index contributed by atoms with van der Waals surface area (Å²) >= 11 is 0. The van der Waals surface area contributed by atoms with Crippen molar-refractivity contribution in [3.8, 4) is 0 Å². The molecule has 0 aliphatic carbocycles. The molecule has 0 aliphatic rings. The molecule has 9 heteroatoms. The Balaban J connectivity index is 2.81. The fourth-order valence-electron chi connectivity index (χ4n) is 2.11. The molecule has 22 heavy (non-hydrogen) atoms. The van der Waals surface area contributed by atoms with Crippen molar-refractivity contribution in [1.29, 1.82) is 0 Å². The Hall–Kier alpha value is -2.16. The van der Waals surface area contributed by atoms with Crippen molar-refractivity contribution >= 4 is 22.1 Å². The second-order valence-corrected chi connectivity index (χ2v) is 4.75. The maximum absolute atomic E-state index is 12.9. The summed E-state index contributed by atoms with van der Waals surface area (Å²) in [5, 5.41) is 9.69. The average Bonchev–Trinajstić information content (AvgIpc) is 2.34. The van der Waals surface area contributed by atoms with Crippen LogP contribution in [0.4, 0.5) is 37.7 Å². The number of alkyl halides is 6. The summed E-state index contributed by atoms with van der Waals surface area (Å²) in [5.41, 5.74) is 3.71. The number of benzene rings is 2. The van der Waals surface area contributed by atoms with E-state index in [-0.39, 0.29) is 16.5 Å². The standard InChI is InChI=1S/C13H10F6N2O/c14-12(15,16)11(22,13(17,18)19)9-4-6-1-2-8(20)3-7(6)5-10(9)21/h1-5,22H,20-21H2. The number of anilines is 2. The number of nitrogen functional groups attached to an aromatic ring is 2. The number of nitrogens with two attached hydrogens (primary N) is 2. The summed E-state index contributed by atoms with van der Waals surface area (Å²) in [5.74, 6) is 0. The average molecular weight is 324 g/mol. The molecule has 0 saturated heterocycles. The molecule has 0 fully saturated rings. The lowest BCUT2D eigenvalue weighted by molar-refractivity contribution is -0.375. The highest BCUT2D eigenvalue weighted by molar-refractivity contribution is 5.89. The minimum atomic E-state index is -5.99. The quantitative estimate of drug-likeness (QED) is 0.557. The largest absolute Gasteiger partial charge is 0.430 e. The minimum absolute atomic E-state index is 0.0327. The van der Waals surface area contributed by atoms with Gasteiger partial charge in [0.25, 0.3) is 5.60 Å². The minimum Gasteiger partial charge on any atom is -0.399 e. The Morgan fingerprint density at radius 2 is 1.32 bits per heavy atom. The second kappa shape index (κ2) is 4.67. The summed E-state index contributed by atoms with van der Waals surface area (Å²) in [6.45, 7) is 0. The zero-order valence-electron chi connectivity index (χ0n) is 10.8. The Labute approximate surface area is 120 Å². The van der Waals surface area contributed by atoms with Gasteiger partial charge in [0.2, 0.25) is 0 Å². The fraction of sp³-hybridized carbons (Fsp3) is 0.231. The zero-order chi connectivity index (χ0) is 16.9. The lowest BCUT2D eigenvalue weighted by Crippen LogP contribution is -2.54. The van der Waals surface area contributed by atoms with Crippen molar-refractivity contribution in [2.75, 3.05) is 11.5 Å². The predicted octanol–water partition coefficient (Wildman–Crippen LogP) is 3.32. The number of rotatable bonds is 1. The monoisotopic (exact) mass is 324 g/mol. The van der Waals surface area contributed by atoms with Crippen LogP contribution in [0.1, 0.15) is 5.56 Å². The van der Waals surface area contributed by atoms with Gasteiger partial charge in [-0.2, -0.15) is 26.3 Å². The van der Waals surface area contributed by atoms with Crippen molar-refractivity contribution in [2.24, 2.45) is 0 Å². The Morgan fingerprint density at radius 3 is 1.82 bits per heavy atom. The van der Waals surface area contributed by atoms with E-state index in [0.29, 0.717) is 6.07 Å². The van der Waals surface area contributed by atoms with Crippen LogP contribution in [0, 0.1) is 0 Å². The van der Waals surface area contributed by atoms with E-state index in [1.54, 1.807) is 0 Å². The van der Waals surface area contributed by atoms with Crippen LogP contribution in [0.5, 0.6) is 0 Å².